The van der Waals surface area contributed by atoms with Gasteiger partial charge in [-0.15, -0.1) is 0 Å². The standard InChI is InChI=1S/C15H26N2O4/c1-11-3-6-16(9-13(11)18)10-14(19)17-7-4-12(5-8-17)15(20)21-2/h11-13,18H,3-10H2,1-2H3. The van der Waals surface area contributed by atoms with Crippen LogP contribution in [0.25, 0.3) is 0 Å². The summed E-state index contributed by atoms with van der Waals surface area (Å²) in [6.45, 7) is 5.08. The Morgan fingerprint density at radius 1 is 1.19 bits per heavy atom. The van der Waals surface area contributed by atoms with Crippen molar-refractivity contribution in [2.45, 2.75) is 32.3 Å². The number of carbonyl (C=O) groups is 2. The molecular formula is C15H26N2O4. The van der Waals surface area contributed by atoms with Gasteiger partial charge >= 0.3 is 5.97 Å². The molecule has 6 nitrogen and oxygen atoms in total. The molecule has 0 aliphatic carbocycles. The number of carbonyl (C=O) groups excluding carboxylic acids is 2. The summed E-state index contributed by atoms with van der Waals surface area (Å²) in [7, 11) is 1.41. The predicted molar refractivity (Wildman–Crippen MR) is 77.5 cm³/mol. The summed E-state index contributed by atoms with van der Waals surface area (Å²) in [6, 6.07) is 0. The number of ether oxygens (including phenoxy) is 1. The van der Waals surface area contributed by atoms with E-state index in [4.69, 9.17) is 4.74 Å². The van der Waals surface area contributed by atoms with Crippen molar-refractivity contribution in [3.63, 3.8) is 0 Å². The van der Waals surface area contributed by atoms with Gasteiger partial charge < -0.3 is 14.7 Å². The van der Waals surface area contributed by atoms with E-state index in [1.54, 1.807) is 0 Å². The Hall–Kier alpha value is -1.14. The molecule has 0 aromatic carbocycles. The molecule has 2 rings (SSSR count). The van der Waals surface area contributed by atoms with E-state index in [0.29, 0.717) is 44.9 Å². The highest BCUT2D eigenvalue weighted by Crippen LogP contribution is 2.20. The minimum absolute atomic E-state index is 0.0725. The molecule has 21 heavy (non-hydrogen) atoms. The first kappa shape index (κ1) is 16.2. The van der Waals surface area contributed by atoms with E-state index in [0.717, 1.165) is 13.0 Å². The minimum atomic E-state index is -0.336. The van der Waals surface area contributed by atoms with Crippen molar-refractivity contribution in [3.8, 4) is 0 Å². The van der Waals surface area contributed by atoms with E-state index in [1.807, 2.05) is 16.7 Å². The van der Waals surface area contributed by atoms with Crippen molar-refractivity contribution in [1.82, 2.24) is 9.80 Å². The maximum atomic E-state index is 12.3. The van der Waals surface area contributed by atoms with E-state index in [-0.39, 0.29) is 23.9 Å². The van der Waals surface area contributed by atoms with Crippen molar-refractivity contribution >= 4 is 11.9 Å². The lowest BCUT2D eigenvalue weighted by atomic mass is 9.95. The fraction of sp³-hybridized carbons (Fsp3) is 0.867. The number of nitrogens with zero attached hydrogens (tertiary/aromatic N) is 2. The van der Waals surface area contributed by atoms with Crippen molar-refractivity contribution in [1.29, 1.82) is 0 Å². The van der Waals surface area contributed by atoms with Crippen molar-refractivity contribution < 1.29 is 19.4 Å². The third-order valence-electron chi connectivity index (χ3n) is 4.74. The Balaban J connectivity index is 1.76. The van der Waals surface area contributed by atoms with Crippen LogP contribution in [0.15, 0.2) is 0 Å². The maximum Gasteiger partial charge on any atom is 0.308 e. The summed E-state index contributed by atoms with van der Waals surface area (Å²) in [4.78, 5) is 27.6. The molecule has 0 aromatic heterocycles. The zero-order valence-corrected chi connectivity index (χ0v) is 13.0. The summed E-state index contributed by atoms with van der Waals surface area (Å²) in [6.07, 6.45) is 1.95. The second kappa shape index (κ2) is 7.22. The van der Waals surface area contributed by atoms with Crippen molar-refractivity contribution in [2.75, 3.05) is 39.8 Å². The van der Waals surface area contributed by atoms with Gasteiger partial charge in [-0.3, -0.25) is 14.5 Å². The van der Waals surface area contributed by atoms with Crippen molar-refractivity contribution in [3.05, 3.63) is 0 Å². The number of aliphatic hydroxyl groups is 1. The van der Waals surface area contributed by atoms with Gasteiger partial charge in [-0.25, -0.2) is 0 Å². The van der Waals surface area contributed by atoms with Gasteiger partial charge in [-0.1, -0.05) is 6.92 Å². The predicted octanol–water partition coefficient (Wildman–Crippen LogP) is 0.101. The molecule has 1 N–H and O–H groups in total. The second-order valence-corrected chi connectivity index (χ2v) is 6.25. The summed E-state index contributed by atoms with van der Waals surface area (Å²) >= 11 is 0. The van der Waals surface area contributed by atoms with Crippen LogP contribution in [0, 0.1) is 11.8 Å². The van der Waals surface area contributed by atoms with Gasteiger partial charge in [0, 0.05) is 19.6 Å². The zero-order valence-electron chi connectivity index (χ0n) is 13.0. The van der Waals surface area contributed by atoms with Crippen LogP contribution in [0.2, 0.25) is 0 Å². The number of amides is 1. The topological polar surface area (TPSA) is 70.1 Å². The van der Waals surface area contributed by atoms with Crippen molar-refractivity contribution in [2.24, 2.45) is 11.8 Å². The van der Waals surface area contributed by atoms with Crippen LogP contribution < -0.4 is 0 Å². The van der Waals surface area contributed by atoms with Gasteiger partial charge in [0.1, 0.15) is 0 Å². The maximum absolute atomic E-state index is 12.3. The Kier molecular flexibility index (Phi) is 5.58. The molecule has 2 fully saturated rings. The summed E-state index contributed by atoms with van der Waals surface area (Å²) < 4.78 is 4.75. The van der Waals surface area contributed by atoms with E-state index >= 15 is 0 Å². The second-order valence-electron chi connectivity index (χ2n) is 6.25. The van der Waals surface area contributed by atoms with Crippen LogP contribution in [-0.2, 0) is 14.3 Å². The molecule has 0 radical (unpaired) electrons. The SMILES string of the molecule is COC(=O)C1CCN(C(=O)CN2CCC(C)C(O)C2)CC1. The highest BCUT2D eigenvalue weighted by Gasteiger charge is 2.30. The fourth-order valence-corrected chi connectivity index (χ4v) is 3.08. The molecule has 2 aliphatic heterocycles. The normalized spacial score (nSPS) is 28.4. The number of hydrogen-bond donors (Lipinski definition) is 1. The van der Waals surface area contributed by atoms with E-state index in [2.05, 4.69) is 0 Å². The molecule has 0 saturated carbocycles. The molecule has 0 aromatic rings. The number of likely N-dealkylation sites (tertiary alicyclic amines) is 2. The van der Waals surface area contributed by atoms with E-state index in [9.17, 15) is 14.7 Å². The van der Waals surface area contributed by atoms with E-state index < -0.39 is 0 Å². The number of hydrogen-bond acceptors (Lipinski definition) is 5. The molecule has 2 heterocycles. The molecule has 1 amide bonds. The van der Waals surface area contributed by atoms with Gasteiger partial charge in [0.25, 0.3) is 0 Å². The monoisotopic (exact) mass is 298 g/mol. The molecule has 120 valence electrons. The molecule has 6 heteroatoms. The highest BCUT2D eigenvalue weighted by molar-refractivity contribution is 5.79. The first-order valence-corrected chi connectivity index (χ1v) is 7.77. The lowest BCUT2D eigenvalue weighted by molar-refractivity contribution is -0.149. The lowest BCUT2D eigenvalue weighted by Crippen LogP contribution is -2.49. The average Bonchev–Trinajstić information content (AvgIpc) is 2.50. The smallest absolute Gasteiger partial charge is 0.308 e. The zero-order chi connectivity index (χ0) is 15.4. The fourth-order valence-electron chi connectivity index (χ4n) is 3.08. The molecule has 0 bridgehead atoms. The quantitative estimate of drug-likeness (QED) is 0.748. The highest BCUT2D eigenvalue weighted by atomic mass is 16.5. The third-order valence-corrected chi connectivity index (χ3v) is 4.74. The number of methoxy groups -OCH3 is 1. The van der Waals surface area contributed by atoms with Crippen LogP contribution in [-0.4, -0.2) is 72.7 Å². The van der Waals surface area contributed by atoms with Gasteiger partial charge in [-0.2, -0.15) is 0 Å². The minimum Gasteiger partial charge on any atom is -0.469 e. The van der Waals surface area contributed by atoms with Gasteiger partial charge in [0.15, 0.2) is 0 Å². The van der Waals surface area contributed by atoms with Crippen LogP contribution >= 0.6 is 0 Å². The van der Waals surface area contributed by atoms with E-state index in [1.165, 1.54) is 7.11 Å². The molecule has 2 atom stereocenters. The number of β-amino-alcohol motifs (C(OH)–C–C–N with tert-alkyl or cyclic N) is 1. The van der Waals surface area contributed by atoms with Crippen LogP contribution in [0.5, 0.6) is 0 Å². The Morgan fingerprint density at radius 3 is 2.43 bits per heavy atom. The molecule has 2 saturated heterocycles. The van der Waals surface area contributed by atoms with Gasteiger partial charge in [0.05, 0.1) is 25.7 Å². The van der Waals surface area contributed by atoms with Gasteiger partial charge in [0.2, 0.25) is 5.91 Å². The largest absolute Gasteiger partial charge is 0.469 e. The van der Waals surface area contributed by atoms with Gasteiger partial charge in [-0.05, 0) is 31.7 Å². The number of esters is 1. The Labute approximate surface area is 126 Å². The summed E-state index contributed by atoms with van der Waals surface area (Å²) in [5.74, 6) is 0.166. The Bertz CT molecular complexity index is 380. The number of aliphatic hydroxyl groups excluding tert-OH is 1. The number of rotatable bonds is 3. The summed E-state index contributed by atoms with van der Waals surface area (Å²) in [5, 5.41) is 9.88. The lowest BCUT2D eigenvalue weighted by Gasteiger charge is -2.36. The third kappa shape index (κ3) is 4.17. The summed E-state index contributed by atoms with van der Waals surface area (Å²) in [5.41, 5.74) is 0. The average molecular weight is 298 g/mol. The molecule has 2 aliphatic rings. The molecule has 2 unspecified atom stereocenters. The van der Waals surface area contributed by atoms with Crippen LogP contribution in [0.3, 0.4) is 0 Å². The van der Waals surface area contributed by atoms with Crippen LogP contribution in [0.4, 0.5) is 0 Å². The first-order chi connectivity index (χ1) is 10.0. The number of piperidine rings is 2. The Morgan fingerprint density at radius 2 is 1.86 bits per heavy atom. The van der Waals surface area contributed by atoms with Crippen LogP contribution in [0.1, 0.15) is 26.2 Å². The molecule has 0 spiro atoms. The molecular weight excluding hydrogens is 272 g/mol. The first-order valence-electron chi connectivity index (χ1n) is 7.77.